The first-order valence-corrected chi connectivity index (χ1v) is 14.9. The van der Waals surface area contributed by atoms with Crippen LogP contribution < -0.4 is 4.74 Å². The molecule has 13 heteroatoms. The molecule has 5 aromatic rings. The first-order valence-electron chi connectivity index (χ1n) is 14.5. The van der Waals surface area contributed by atoms with Crippen molar-refractivity contribution in [3.63, 3.8) is 0 Å². The number of unbranched alkanes of at least 4 members (excludes halogenated alkanes) is 2. The SMILES string of the molecule is CCCCCc1cnc(-c2cc(F)c(C(F)(F)Oc3ccc(-c4ccc(-c5cc(F)c(N=C=S)c(F)c5)c(F)c4)c(F)c3)c(F)c2)nc1. The van der Waals surface area contributed by atoms with E-state index < -0.39 is 58.0 Å². The number of thiocarbonyl (C=S) groups is 1. The Morgan fingerprint density at radius 1 is 0.708 bits per heavy atom. The van der Waals surface area contributed by atoms with Gasteiger partial charge in [-0.2, -0.15) is 13.8 Å². The molecular weight excluding hydrogens is 662 g/mol. The first kappa shape index (κ1) is 34.3. The maximum Gasteiger partial charge on any atom is 0.432 e. The number of rotatable bonds is 11. The van der Waals surface area contributed by atoms with E-state index in [1.165, 1.54) is 18.5 Å². The Morgan fingerprint density at radius 3 is 1.85 bits per heavy atom. The molecule has 0 aliphatic rings. The van der Waals surface area contributed by atoms with E-state index in [9.17, 15) is 17.6 Å². The van der Waals surface area contributed by atoms with Gasteiger partial charge in [-0.25, -0.2) is 36.3 Å². The van der Waals surface area contributed by atoms with Crippen molar-refractivity contribution in [2.45, 2.75) is 38.7 Å². The second-order valence-corrected chi connectivity index (χ2v) is 10.8. The van der Waals surface area contributed by atoms with Crippen LogP contribution in [-0.2, 0) is 12.5 Å². The van der Waals surface area contributed by atoms with Crippen molar-refractivity contribution >= 4 is 23.1 Å². The van der Waals surface area contributed by atoms with Gasteiger partial charge in [0.2, 0.25) is 0 Å². The van der Waals surface area contributed by atoms with Crippen LogP contribution in [0.1, 0.15) is 37.3 Å². The van der Waals surface area contributed by atoms with Gasteiger partial charge in [-0.15, -0.1) is 0 Å². The number of halogens is 8. The Balaban J connectivity index is 1.35. The zero-order chi connectivity index (χ0) is 34.6. The van der Waals surface area contributed by atoms with Crippen LogP contribution in [0.3, 0.4) is 0 Å². The molecule has 0 atom stereocenters. The molecule has 246 valence electrons. The second-order valence-electron chi connectivity index (χ2n) is 10.6. The molecule has 0 saturated carbocycles. The van der Waals surface area contributed by atoms with Crippen molar-refractivity contribution in [3.8, 4) is 39.4 Å². The summed E-state index contributed by atoms with van der Waals surface area (Å²) in [4.78, 5) is 11.5. The fourth-order valence-corrected chi connectivity index (χ4v) is 5.07. The number of benzene rings is 4. The first-order chi connectivity index (χ1) is 22.9. The molecule has 1 aromatic heterocycles. The lowest BCUT2D eigenvalue weighted by atomic mass is 9.98. The largest absolute Gasteiger partial charge is 0.432 e. The van der Waals surface area contributed by atoms with Crippen molar-refractivity contribution in [2.75, 3.05) is 0 Å². The van der Waals surface area contributed by atoms with Gasteiger partial charge < -0.3 is 4.74 Å². The summed E-state index contributed by atoms with van der Waals surface area (Å²) in [5, 5.41) is 1.84. The molecule has 0 amide bonds. The summed E-state index contributed by atoms with van der Waals surface area (Å²) < 4.78 is 123. The third-order valence-electron chi connectivity index (χ3n) is 7.32. The van der Waals surface area contributed by atoms with Gasteiger partial charge in [0, 0.05) is 35.2 Å². The van der Waals surface area contributed by atoms with Crippen LogP contribution in [0.2, 0.25) is 0 Å². The highest BCUT2D eigenvalue weighted by molar-refractivity contribution is 7.78. The zero-order valence-corrected chi connectivity index (χ0v) is 25.8. The molecule has 1 heterocycles. The number of isothiocyanates is 1. The summed E-state index contributed by atoms with van der Waals surface area (Å²) in [6.07, 6.45) is 2.09. The summed E-state index contributed by atoms with van der Waals surface area (Å²) >= 11 is 4.35. The van der Waals surface area contributed by atoms with Crippen LogP contribution in [-0.4, -0.2) is 15.1 Å². The second kappa shape index (κ2) is 14.4. The molecule has 0 N–H and O–H groups in total. The smallest absolute Gasteiger partial charge is 0.429 e. The molecule has 0 unspecified atom stereocenters. The Labute approximate surface area is 274 Å². The molecule has 0 fully saturated rings. The maximum atomic E-state index is 15.1. The highest BCUT2D eigenvalue weighted by Gasteiger charge is 2.41. The minimum atomic E-state index is -4.58. The van der Waals surface area contributed by atoms with Crippen LogP contribution in [0.25, 0.3) is 33.6 Å². The molecule has 48 heavy (non-hydrogen) atoms. The number of aryl methyl sites for hydroxylation is 1. The van der Waals surface area contributed by atoms with E-state index in [2.05, 4.69) is 38.8 Å². The van der Waals surface area contributed by atoms with Gasteiger partial charge in [-0.3, -0.25) is 0 Å². The summed E-state index contributed by atoms with van der Waals surface area (Å²) in [7, 11) is 0. The molecule has 0 saturated heterocycles. The number of alkyl halides is 2. The number of aromatic nitrogens is 2. The lowest BCUT2D eigenvalue weighted by molar-refractivity contribution is -0.189. The Kier molecular flexibility index (Phi) is 10.3. The molecule has 0 radical (unpaired) electrons. The topological polar surface area (TPSA) is 47.4 Å². The van der Waals surface area contributed by atoms with E-state index in [0.29, 0.717) is 18.2 Å². The molecule has 0 aliphatic heterocycles. The number of hydrogen-bond acceptors (Lipinski definition) is 5. The lowest BCUT2D eigenvalue weighted by Crippen LogP contribution is -2.25. The molecule has 4 nitrogen and oxygen atoms in total. The van der Waals surface area contributed by atoms with Crippen molar-refractivity contribution in [1.82, 2.24) is 9.97 Å². The van der Waals surface area contributed by atoms with E-state index in [4.69, 9.17) is 0 Å². The quantitative estimate of drug-likeness (QED) is 0.0601. The number of ether oxygens (including phenoxy) is 1. The van der Waals surface area contributed by atoms with Crippen LogP contribution in [0, 0.1) is 34.9 Å². The fraction of sp³-hybridized carbons (Fsp3) is 0.171. The molecule has 0 spiro atoms. The van der Waals surface area contributed by atoms with E-state index >= 15 is 17.6 Å². The monoisotopic (exact) mass is 685 g/mol. The summed E-state index contributed by atoms with van der Waals surface area (Å²) in [5.41, 5.74) is -2.48. The van der Waals surface area contributed by atoms with E-state index in [1.807, 2.05) is 5.16 Å². The summed E-state index contributed by atoms with van der Waals surface area (Å²) in [6.45, 7) is 2.06. The minimum Gasteiger partial charge on any atom is -0.429 e. The standard InChI is InChI=1S/C35H23F8N3OS/c1-2-3-4-5-19-16-44-34(45-17-19)22-13-28(38)32(29(39)14-22)35(42,43)47-23-7-9-24(27(37)15-23)20-6-8-25(26(36)10-20)21-11-30(40)33(46-18-48)31(41)12-21/h6-17H,2-5H2,1H3. The Hall–Kier alpha value is -5.00. The normalized spacial score (nSPS) is 11.4. The lowest BCUT2D eigenvalue weighted by Gasteiger charge is -2.20. The zero-order valence-electron chi connectivity index (χ0n) is 24.9. The van der Waals surface area contributed by atoms with Crippen molar-refractivity contribution < 1.29 is 39.9 Å². The molecule has 5 rings (SSSR count). The Bertz CT molecular complexity index is 1990. The molecule has 0 aliphatic carbocycles. The van der Waals surface area contributed by atoms with Crippen molar-refractivity contribution in [2.24, 2.45) is 4.99 Å². The van der Waals surface area contributed by atoms with Gasteiger partial charge in [0.15, 0.2) is 17.5 Å². The summed E-state index contributed by atoms with van der Waals surface area (Å²) in [5.74, 6) is -8.48. The molecular formula is C35H23F8N3OS. The van der Waals surface area contributed by atoms with Crippen molar-refractivity contribution in [3.05, 3.63) is 119 Å². The Morgan fingerprint density at radius 2 is 1.27 bits per heavy atom. The van der Waals surface area contributed by atoms with Gasteiger partial charge >= 0.3 is 6.11 Å². The fourth-order valence-electron chi connectivity index (χ4n) is 4.98. The average Bonchev–Trinajstić information content (AvgIpc) is 3.02. The minimum absolute atomic E-state index is 0.0566. The van der Waals surface area contributed by atoms with E-state index in [-0.39, 0.29) is 33.6 Å². The van der Waals surface area contributed by atoms with Gasteiger partial charge in [0.25, 0.3) is 0 Å². The number of nitrogens with zero attached hydrogens (tertiary/aromatic N) is 3. The maximum absolute atomic E-state index is 15.1. The summed E-state index contributed by atoms with van der Waals surface area (Å²) in [6, 6.07) is 8.64. The highest BCUT2D eigenvalue weighted by atomic mass is 32.1. The predicted molar refractivity (Wildman–Crippen MR) is 167 cm³/mol. The molecule has 0 bridgehead atoms. The van der Waals surface area contributed by atoms with Crippen LogP contribution in [0.4, 0.5) is 40.8 Å². The third kappa shape index (κ3) is 7.42. The number of aliphatic imine (C=N–C) groups is 1. The van der Waals surface area contributed by atoms with Gasteiger partial charge in [-0.05, 0) is 84.2 Å². The number of hydrogen-bond donors (Lipinski definition) is 0. The predicted octanol–water partition coefficient (Wildman–Crippen LogP) is 10.9. The van der Waals surface area contributed by atoms with Crippen molar-refractivity contribution in [1.29, 1.82) is 0 Å². The average molecular weight is 686 g/mol. The molecule has 4 aromatic carbocycles. The van der Waals surface area contributed by atoms with Crippen LogP contribution >= 0.6 is 12.2 Å². The van der Waals surface area contributed by atoms with Gasteiger partial charge in [-0.1, -0.05) is 31.9 Å². The van der Waals surface area contributed by atoms with Gasteiger partial charge in [0.05, 0.1) is 5.16 Å². The van der Waals surface area contributed by atoms with Crippen LogP contribution in [0.5, 0.6) is 5.75 Å². The highest BCUT2D eigenvalue weighted by Crippen LogP contribution is 2.38. The van der Waals surface area contributed by atoms with Crippen LogP contribution in [0.15, 0.2) is 78.0 Å². The third-order valence-corrected chi connectivity index (χ3v) is 7.41. The van der Waals surface area contributed by atoms with E-state index in [1.54, 1.807) is 0 Å². The van der Waals surface area contributed by atoms with E-state index in [0.717, 1.165) is 67.6 Å². The van der Waals surface area contributed by atoms with Gasteiger partial charge in [0.1, 0.15) is 40.3 Å².